The monoisotopic (exact) mass is 318 g/mol. The predicted octanol–water partition coefficient (Wildman–Crippen LogP) is 0.198. The Morgan fingerprint density at radius 3 is 1.14 bits per heavy atom. The topological polar surface area (TPSA) is 66.6 Å². The van der Waals surface area contributed by atoms with Gasteiger partial charge in [-0.3, -0.25) is 0 Å². The first-order valence-electron chi connectivity index (χ1n) is 8.90. The maximum atomic E-state index is 5.28. The van der Waals surface area contributed by atoms with Crippen molar-refractivity contribution >= 4 is 0 Å². The molecule has 0 atom stereocenters. The van der Waals surface area contributed by atoms with Crippen molar-refractivity contribution in [2.75, 3.05) is 78.8 Å². The Morgan fingerprint density at radius 2 is 0.818 bits per heavy atom. The van der Waals surface area contributed by atoms with Gasteiger partial charge in [-0.1, -0.05) is 0 Å². The number of rotatable bonds is 19. The van der Waals surface area contributed by atoms with Crippen molar-refractivity contribution in [1.82, 2.24) is 21.3 Å². The van der Waals surface area contributed by atoms with E-state index in [1.165, 1.54) is 0 Å². The largest absolute Gasteiger partial charge is 0.382 e. The van der Waals surface area contributed by atoms with Crippen LogP contribution in [0.15, 0.2) is 0 Å². The molecule has 0 radical (unpaired) electrons. The van der Waals surface area contributed by atoms with Gasteiger partial charge in [0.05, 0.1) is 0 Å². The van der Waals surface area contributed by atoms with Gasteiger partial charge in [-0.2, -0.15) is 0 Å². The van der Waals surface area contributed by atoms with Crippen molar-refractivity contribution in [3.05, 3.63) is 0 Å². The highest BCUT2D eigenvalue weighted by atomic mass is 16.5. The summed E-state index contributed by atoms with van der Waals surface area (Å²) in [6.07, 6.45) is 2.18. The summed E-state index contributed by atoms with van der Waals surface area (Å²) in [4.78, 5) is 0. The van der Waals surface area contributed by atoms with Crippen LogP contribution in [-0.4, -0.2) is 78.8 Å². The molecular weight excluding hydrogens is 280 g/mol. The van der Waals surface area contributed by atoms with Crippen LogP contribution in [0.4, 0.5) is 0 Å². The van der Waals surface area contributed by atoms with Crippen LogP contribution in [0.25, 0.3) is 0 Å². The highest BCUT2D eigenvalue weighted by molar-refractivity contribution is 4.56. The standard InChI is InChI=1S/C16H38N4O2/c1-3-21-15-5-7-17-9-11-19-13-14-20-12-10-18-8-6-16-22-4-2/h17-20H,3-16H2,1-2H3. The molecule has 0 saturated heterocycles. The van der Waals surface area contributed by atoms with Gasteiger partial charge in [0.1, 0.15) is 0 Å². The fourth-order valence-corrected chi connectivity index (χ4v) is 1.92. The van der Waals surface area contributed by atoms with Crippen LogP contribution in [0.5, 0.6) is 0 Å². The molecule has 6 heteroatoms. The maximum Gasteiger partial charge on any atom is 0.0477 e. The SMILES string of the molecule is CCOCCCNCCNCCNCCNCCCOCC. The van der Waals surface area contributed by atoms with E-state index >= 15 is 0 Å². The van der Waals surface area contributed by atoms with Gasteiger partial charge in [-0.15, -0.1) is 0 Å². The molecule has 0 amide bonds. The third-order valence-corrected chi connectivity index (χ3v) is 3.13. The van der Waals surface area contributed by atoms with E-state index in [2.05, 4.69) is 21.3 Å². The molecule has 0 heterocycles. The lowest BCUT2D eigenvalue weighted by Crippen LogP contribution is -2.35. The number of hydrogen-bond donors (Lipinski definition) is 4. The average molecular weight is 319 g/mol. The molecule has 0 aromatic rings. The Hall–Kier alpha value is -0.240. The quantitative estimate of drug-likeness (QED) is 0.255. The second-order valence-corrected chi connectivity index (χ2v) is 5.10. The van der Waals surface area contributed by atoms with E-state index in [0.29, 0.717) is 0 Å². The summed E-state index contributed by atoms with van der Waals surface area (Å²) in [7, 11) is 0. The Morgan fingerprint density at radius 1 is 0.500 bits per heavy atom. The minimum atomic E-state index is 0.817. The highest BCUT2D eigenvalue weighted by Gasteiger charge is 1.91. The van der Waals surface area contributed by atoms with Crippen LogP contribution in [0, 0.1) is 0 Å². The zero-order valence-corrected chi connectivity index (χ0v) is 14.7. The minimum Gasteiger partial charge on any atom is -0.382 e. The molecule has 0 aliphatic heterocycles. The lowest BCUT2D eigenvalue weighted by atomic mass is 10.4. The van der Waals surface area contributed by atoms with Gasteiger partial charge in [-0.05, 0) is 39.8 Å². The Labute approximate surface area is 137 Å². The van der Waals surface area contributed by atoms with Gasteiger partial charge >= 0.3 is 0 Å². The zero-order chi connectivity index (χ0) is 16.1. The van der Waals surface area contributed by atoms with Crippen LogP contribution < -0.4 is 21.3 Å². The smallest absolute Gasteiger partial charge is 0.0477 e. The number of ether oxygens (including phenoxy) is 2. The first kappa shape index (κ1) is 21.8. The van der Waals surface area contributed by atoms with E-state index in [-0.39, 0.29) is 0 Å². The third-order valence-electron chi connectivity index (χ3n) is 3.13. The van der Waals surface area contributed by atoms with Gasteiger partial charge < -0.3 is 30.7 Å². The van der Waals surface area contributed by atoms with Gasteiger partial charge in [0.25, 0.3) is 0 Å². The summed E-state index contributed by atoms with van der Waals surface area (Å²) in [5.74, 6) is 0. The van der Waals surface area contributed by atoms with E-state index in [1.807, 2.05) is 13.8 Å². The van der Waals surface area contributed by atoms with Crippen LogP contribution >= 0.6 is 0 Å². The second-order valence-electron chi connectivity index (χ2n) is 5.10. The maximum absolute atomic E-state index is 5.28. The predicted molar refractivity (Wildman–Crippen MR) is 93.7 cm³/mol. The Balaban J connectivity index is 2.91. The van der Waals surface area contributed by atoms with Crippen molar-refractivity contribution in [3.8, 4) is 0 Å². The molecule has 0 aromatic carbocycles. The summed E-state index contributed by atoms with van der Waals surface area (Å²) in [6.45, 7) is 15.6. The number of hydrogen-bond acceptors (Lipinski definition) is 6. The lowest BCUT2D eigenvalue weighted by Gasteiger charge is -2.08. The summed E-state index contributed by atoms with van der Waals surface area (Å²) in [6, 6.07) is 0. The van der Waals surface area contributed by atoms with Gasteiger partial charge in [0.15, 0.2) is 0 Å². The molecule has 4 N–H and O–H groups in total. The molecule has 0 unspecified atom stereocenters. The fraction of sp³-hybridized carbons (Fsp3) is 1.00. The molecule has 0 rings (SSSR count). The molecule has 134 valence electrons. The molecule has 0 spiro atoms. The molecular formula is C16H38N4O2. The van der Waals surface area contributed by atoms with E-state index in [0.717, 1.165) is 91.6 Å². The van der Waals surface area contributed by atoms with Crippen molar-refractivity contribution in [3.63, 3.8) is 0 Å². The minimum absolute atomic E-state index is 0.817. The van der Waals surface area contributed by atoms with E-state index in [1.54, 1.807) is 0 Å². The average Bonchev–Trinajstić information content (AvgIpc) is 2.54. The molecule has 22 heavy (non-hydrogen) atoms. The molecule has 0 aliphatic rings. The highest BCUT2D eigenvalue weighted by Crippen LogP contribution is 1.80. The Kier molecular flexibility index (Phi) is 20.5. The van der Waals surface area contributed by atoms with Crippen LogP contribution in [0.1, 0.15) is 26.7 Å². The normalized spacial score (nSPS) is 11.2. The van der Waals surface area contributed by atoms with E-state index < -0.39 is 0 Å². The van der Waals surface area contributed by atoms with Crippen LogP contribution in [0.2, 0.25) is 0 Å². The molecule has 0 aromatic heterocycles. The van der Waals surface area contributed by atoms with Gasteiger partial charge in [0, 0.05) is 65.7 Å². The van der Waals surface area contributed by atoms with E-state index in [4.69, 9.17) is 9.47 Å². The zero-order valence-electron chi connectivity index (χ0n) is 14.7. The van der Waals surface area contributed by atoms with Crippen molar-refractivity contribution in [2.45, 2.75) is 26.7 Å². The first-order valence-corrected chi connectivity index (χ1v) is 8.90. The van der Waals surface area contributed by atoms with Crippen LogP contribution in [0.3, 0.4) is 0 Å². The molecule has 0 saturated carbocycles. The molecule has 0 fully saturated rings. The van der Waals surface area contributed by atoms with Crippen molar-refractivity contribution in [1.29, 1.82) is 0 Å². The molecule has 6 nitrogen and oxygen atoms in total. The summed E-state index contributed by atoms with van der Waals surface area (Å²) in [5, 5.41) is 13.6. The second kappa shape index (κ2) is 20.8. The lowest BCUT2D eigenvalue weighted by molar-refractivity contribution is 0.144. The fourth-order valence-electron chi connectivity index (χ4n) is 1.92. The molecule has 0 aliphatic carbocycles. The van der Waals surface area contributed by atoms with Crippen molar-refractivity contribution in [2.24, 2.45) is 0 Å². The Bertz CT molecular complexity index is 177. The van der Waals surface area contributed by atoms with Gasteiger partial charge in [0.2, 0.25) is 0 Å². The summed E-state index contributed by atoms with van der Waals surface area (Å²) >= 11 is 0. The summed E-state index contributed by atoms with van der Waals surface area (Å²) < 4.78 is 10.6. The third kappa shape index (κ3) is 19.8. The van der Waals surface area contributed by atoms with Crippen molar-refractivity contribution < 1.29 is 9.47 Å². The summed E-state index contributed by atoms with van der Waals surface area (Å²) in [5.41, 5.74) is 0. The number of nitrogens with one attached hydrogen (secondary N) is 4. The first-order chi connectivity index (χ1) is 10.9. The van der Waals surface area contributed by atoms with E-state index in [9.17, 15) is 0 Å². The molecule has 0 bridgehead atoms. The van der Waals surface area contributed by atoms with Crippen LogP contribution in [-0.2, 0) is 9.47 Å². The van der Waals surface area contributed by atoms with Gasteiger partial charge in [-0.25, -0.2) is 0 Å².